The van der Waals surface area contributed by atoms with Gasteiger partial charge < -0.3 is 20.5 Å². The lowest BCUT2D eigenvalue weighted by Gasteiger charge is -2.37. The number of hydrogen-bond acceptors (Lipinski definition) is 4. The highest BCUT2D eigenvalue weighted by Crippen LogP contribution is 2.34. The fourth-order valence-corrected chi connectivity index (χ4v) is 2.72. The largest absolute Gasteiger partial charge is 0.388 e. The summed E-state index contributed by atoms with van der Waals surface area (Å²) in [4.78, 5) is 14.3. The molecule has 0 aromatic rings. The maximum Gasteiger partial charge on any atom is 0.230 e. The highest BCUT2D eigenvalue weighted by molar-refractivity contribution is 5.83. The normalized spacial score (nSPS) is 32.8. The highest BCUT2D eigenvalue weighted by Gasteiger charge is 2.45. The number of ether oxygens (including phenoxy) is 1. The second-order valence-electron chi connectivity index (χ2n) is 5.57. The van der Waals surface area contributed by atoms with Crippen LogP contribution in [0.3, 0.4) is 0 Å². The van der Waals surface area contributed by atoms with Gasteiger partial charge in [0.25, 0.3) is 0 Å². The Balaban J connectivity index is 2.07. The summed E-state index contributed by atoms with van der Waals surface area (Å²) in [5.41, 5.74) is 4.61. The van der Waals surface area contributed by atoms with Crippen molar-refractivity contribution in [2.45, 2.75) is 31.8 Å². The summed E-state index contributed by atoms with van der Waals surface area (Å²) in [6.45, 7) is 4.41. The van der Waals surface area contributed by atoms with E-state index in [4.69, 9.17) is 10.5 Å². The molecule has 0 aromatic carbocycles. The van der Waals surface area contributed by atoms with Gasteiger partial charge in [0.05, 0.1) is 11.0 Å². The second kappa shape index (κ2) is 4.55. The van der Waals surface area contributed by atoms with Crippen LogP contribution in [0.1, 0.15) is 26.2 Å². The van der Waals surface area contributed by atoms with Crippen LogP contribution < -0.4 is 5.73 Å². The molecule has 2 saturated heterocycles. The van der Waals surface area contributed by atoms with Crippen molar-refractivity contribution in [2.24, 2.45) is 11.1 Å². The number of nitrogens with zero attached hydrogens (tertiary/aromatic N) is 1. The maximum atomic E-state index is 12.5. The molecule has 0 saturated carbocycles. The Kier molecular flexibility index (Phi) is 3.43. The van der Waals surface area contributed by atoms with E-state index in [1.54, 1.807) is 11.8 Å². The van der Waals surface area contributed by atoms with E-state index in [9.17, 15) is 9.90 Å². The molecule has 2 aliphatic rings. The van der Waals surface area contributed by atoms with Crippen molar-refractivity contribution < 1.29 is 14.6 Å². The number of carbonyl (C=O) groups excluding carboxylic acids is 1. The van der Waals surface area contributed by atoms with Gasteiger partial charge in [0.1, 0.15) is 0 Å². The number of carbonyl (C=O) groups is 1. The van der Waals surface area contributed by atoms with Crippen LogP contribution in [0.4, 0.5) is 0 Å². The van der Waals surface area contributed by atoms with Gasteiger partial charge in [-0.1, -0.05) is 0 Å². The van der Waals surface area contributed by atoms with Crippen LogP contribution >= 0.6 is 0 Å². The molecule has 5 heteroatoms. The molecule has 0 aromatic heterocycles. The second-order valence-corrected chi connectivity index (χ2v) is 5.57. The molecule has 5 nitrogen and oxygen atoms in total. The number of β-amino-alcohol motifs (C(OH)–C–C–N with tert-alkyl or cyclic N) is 1. The van der Waals surface area contributed by atoms with E-state index >= 15 is 0 Å². The fraction of sp³-hybridized carbons (Fsp3) is 0.917. The van der Waals surface area contributed by atoms with Gasteiger partial charge in [0, 0.05) is 32.8 Å². The maximum absolute atomic E-state index is 12.5. The van der Waals surface area contributed by atoms with Gasteiger partial charge in [-0.2, -0.15) is 0 Å². The lowest BCUT2D eigenvalue weighted by atomic mass is 9.79. The van der Waals surface area contributed by atoms with E-state index in [-0.39, 0.29) is 5.91 Å². The Labute approximate surface area is 102 Å². The van der Waals surface area contributed by atoms with Crippen molar-refractivity contribution in [2.75, 3.05) is 32.8 Å². The lowest BCUT2D eigenvalue weighted by molar-refractivity contribution is -0.147. The number of nitrogens with two attached hydrogens (primary N) is 1. The van der Waals surface area contributed by atoms with E-state index in [1.165, 1.54) is 0 Å². The molecule has 0 spiro atoms. The third-order valence-corrected chi connectivity index (χ3v) is 4.03. The monoisotopic (exact) mass is 242 g/mol. The summed E-state index contributed by atoms with van der Waals surface area (Å²) in [5, 5.41) is 9.92. The summed E-state index contributed by atoms with van der Waals surface area (Å²) in [7, 11) is 0. The lowest BCUT2D eigenvalue weighted by Crippen LogP contribution is -2.50. The van der Waals surface area contributed by atoms with Crippen LogP contribution in [0.25, 0.3) is 0 Å². The van der Waals surface area contributed by atoms with Gasteiger partial charge >= 0.3 is 0 Å². The zero-order valence-corrected chi connectivity index (χ0v) is 10.4. The van der Waals surface area contributed by atoms with E-state index in [1.807, 2.05) is 0 Å². The van der Waals surface area contributed by atoms with Crippen molar-refractivity contribution >= 4 is 5.91 Å². The zero-order chi connectivity index (χ0) is 12.5. The summed E-state index contributed by atoms with van der Waals surface area (Å²) >= 11 is 0. The number of rotatable bonds is 2. The van der Waals surface area contributed by atoms with Gasteiger partial charge in [-0.3, -0.25) is 4.79 Å². The first-order chi connectivity index (χ1) is 7.99. The molecule has 2 aliphatic heterocycles. The average Bonchev–Trinajstić information content (AvgIpc) is 2.69. The molecule has 2 rings (SSSR count). The first-order valence-electron chi connectivity index (χ1n) is 6.29. The molecule has 2 fully saturated rings. The standard InChI is InChI=1S/C12H22N2O3/c1-11(16)2-5-14(9-11)10(15)12(8-13)3-6-17-7-4-12/h16H,2-9,13H2,1H3. The highest BCUT2D eigenvalue weighted by atomic mass is 16.5. The van der Waals surface area contributed by atoms with E-state index < -0.39 is 11.0 Å². The van der Waals surface area contributed by atoms with Gasteiger partial charge in [-0.05, 0) is 26.2 Å². The molecule has 0 radical (unpaired) electrons. The van der Waals surface area contributed by atoms with Crippen LogP contribution in [0.5, 0.6) is 0 Å². The molecule has 0 bridgehead atoms. The van der Waals surface area contributed by atoms with Crippen molar-refractivity contribution in [1.82, 2.24) is 4.90 Å². The smallest absolute Gasteiger partial charge is 0.230 e. The molecular weight excluding hydrogens is 220 g/mol. The summed E-state index contributed by atoms with van der Waals surface area (Å²) < 4.78 is 5.30. The van der Waals surface area contributed by atoms with E-state index in [2.05, 4.69) is 0 Å². The summed E-state index contributed by atoms with van der Waals surface area (Å²) in [6.07, 6.45) is 2.04. The third-order valence-electron chi connectivity index (χ3n) is 4.03. The van der Waals surface area contributed by atoms with Gasteiger partial charge in [-0.15, -0.1) is 0 Å². The molecule has 17 heavy (non-hydrogen) atoms. The first-order valence-corrected chi connectivity index (χ1v) is 6.29. The molecule has 1 unspecified atom stereocenters. The number of hydrogen-bond donors (Lipinski definition) is 2. The zero-order valence-electron chi connectivity index (χ0n) is 10.4. The number of likely N-dealkylation sites (tertiary alicyclic amines) is 1. The van der Waals surface area contributed by atoms with Crippen molar-refractivity contribution in [1.29, 1.82) is 0 Å². The first kappa shape index (κ1) is 12.8. The SMILES string of the molecule is CC1(O)CCN(C(=O)C2(CN)CCOCC2)C1. The molecular formula is C12H22N2O3. The Morgan fingerprint density at radius 2 is 2.06 bits per heavy atom. The fourth-order valence-electron chi connectivity index (χ4n) is 2.72. The molecule has 3 N–H and O–H groups in total. The Hall–Kier alpha value is -0.650. The van der Waals surface area contributed by atoms with Crippen LogP contribution in [0, 0.1) is 5.41 Å². The average molecular weight is 242 g/mol. The predicted octanol–water partition coefficient (Wildman–Crippen LogP) is -0.275. The molecule has 0 aliphatic carbocycles. The van der Waals surface area contributed by atoms with Crippen LogP contribution in [0.2, 0.25) is 0 Å². The van der Waals surface area contributed by atoms with Crippen molar-refractivity contribution in [3.8, 4) is 0 Å². The van der Waals surface area contributed by atoms with Gasteiger partial charge in [0.15, 0.2) is 0 Å². The molecule has 1 amide bonds. The Morgan fingerprint density at radius 3 is 2.53 bits per heavy atom. The molecule has 98 valence electrons. The third kappa shape index (κ3) is 2.46. The minimum absolute atomic E-state index is 0.0982. The number of aliphatic hydroxyl groups is 1. The van der Waals surface area contributed by atoms with Crippen molar-refractivity contribution in [3.63, 3.8) is 0 Å². The minimum atomic E-state index is -0.739. The van der Waals surface area contributed by atoms with Crippen LogP contribution in [0.15, 0.2) is 0 Å². The molecule has 2 heterocycles. The number of amides is 1. The Bertz CT molecular complexity index is 298. The van der Waals surface area contributed by atoms with Gasteiger partial charge in [0.2, 0.25) is 5.91 Å². The van der Waals surface area contributed by atoms with Crippen LogP contribution in [-0.2, 0) is 9.53 Å². The predicted molar refractivity (Wildman–Crippen MR) is 63.4 cm³/mol. The minimum Gasteiger partial charge on any atom is -0.388 e. The quantitative estimate of drug-likeness (QED) is 0.698. The van der Waals surface area contributed by atoms with E-state index in [0.717, 1.165) is 0 Å². The van der Waals surface area contributed by atoms with Crippen LogP contribution in [-0.4, -0.2) is 54.4 Å². The topological polar surface area (TPSA) is 75.8 Å². The van der Waals surface area contributed by atoms with Gasteiger partial charge in [-0.25, -0.2) is 0 Å². The summed E-state index contributed by atoms with van der Waals surface area (Å²) in [5.74, 6) is 0.0982. The Morgan fingerprint density at radius 1 is 1.41 bits per heavy atom. The van der Waals surface area contributed by atoms with E-state index in [0.29, 0.717) is 52.1 Å². The summed E-state index contributed by atoms with van der Waals surface area (Å²) in [6, 6.07) is 0. The molecule has 1 atom stereocenters. The van der Waals surface area contributed by atoms with Crippen molar-refractivity contribution in [3.05, 3.63) is 0 Å².